The lowest BCUT2D eigenvalue weighted by Crippen LogP contribution is -2.35. The molecule has 0 saturated heterocycles. The summed E-state index contributed by atoms with van der Waals surface area (Å²) in [6.45, 7) is 2.64. The van der Waals surface area contributed by atoms with E-state index in [2.05, 4.69) is 15.8 Å². The van der Waals surface area contributed by atoms with Crippen LogP contribution in [0.2, 0.25) is 0 Å². The first-order chi connectivity index (χ1) is 9.08. The zero-order chi connectivity index (χ0) is 14.1. The highest BCUT2D eigenvalue weighted by Gasteiger charge is 2.03. The first-order valence-electron chi connectivity index (χ1n) is 6.23. The van der Waals surface area contributed by atoms with Gasteiger partial charge in [0.05, 0.1) is 6.54 Å². The summed E-state index contributed by atoms with van der Waals surface area (Å²) in [7, 11) is 0. The molecule has 1 aromatic rings. The Hall–Kier alpha value is -2.05. The van der Waals surface area contributed by atoms with Gasteiger partial charge in [-0.3, -0.25) is 4.79 Å². The number of carboxylic acid groups (broad SMARTS) is 1. The smallest absolute Gasteiger partial charge is 0.315 e. The molecule has 0 aliphatic carbocycles. The van der Waals surface area contributed by atoms with Crippen molar-refractivity contribution in [2.24, 2.45) is 0 Å². The first kappa shape index (κ1) is 15.0. The van der Waals surface area contributed by atoms with Crippen LogP contribution < -0.4 is 10.6 Å². The van der Waals surface area contributed by atoms with Gasteiger partial charge in [-0.2, -0.15) is 0 Å². The predicted octanol–water partition coefficient (Wildman–Crippen LogP) is 1.43. The fraction of sp³-hybridized carbons (Fsp3) is 0.583. The zero-order valence-electron chi connectivity index (χ0n) is 10.9. The molecule has 0 aliphatic heterocycles. The molecule has 7 nitrogen and oxygen atoms in total. The summed E-state index contributed by atoms with van der Waals surface area (Å²) in [5, 5.41) is 17.5. The summed E-state index contributed by atoms with van der Waals surface area (Å²) < 4.78 is 4.87. The van der Waals surface area contributed by atoms with Crippen molar-refractivity contribution in [1.82, 2.24) is 15.8 Å². The number of rotatable bonds is 8. The van der Waals surface area contributed by atoms with Crippen LogP contribution in [0.25, 0.3) is 0 Å². The minimum atomic E-state index is -0.784. The third kappa shape index (κ3) is 7.07. The Balaban J connectivity index is 2.00. The van der Waals surface area contributed by atoms with E-state index >= 15 is 0 Å². The summed E-state index contributed by atoms with van der Waals surface area (Å²) in [5.74, 6) is -0.0794. The predicted molar refractivity (Wildman–Crippen MR) is 67.6 cm³/mol. The summed E-state index contributed by atoms with van der Waals surface area (Å²) in [4.78, 5) is 21.7. The van der Waals surface area contributed by atoms with Crippen molar-refractivity contribution < 1.29 is 19.2 Å². The van der Waals surface area contributed by atoms with E-state index in [4.69, 9.17) is 9.63 Å². The number of nitrogens with zero attached hydrogens (tertiary/aromatic N) is 1. The van der Waals surface area contributed by atoms with E-state index in [9.17, 15) is 9.59 Å². The van der Waals surface area contributed by atoms with Gasteiger partial charge in [0, 0.05) is 19.0 Å². The van der Waals surface area contributed by atoms with Gasteiger partial charge in [0.2, 0.25) is 0 Å². The topological polar surface area (TPSA) is 104 Å². The second-order valence-electron chi connectivity index (χ2n) is 4.24. The Kier molecular flexibility index (Phi) is 6.42. The average Bonchev–Trinajstić information content (AvgIpc) is 2.76. The molecule has 106 valence electrons. The molecule has 0 aliphatic rings. The summed E-state index contributed by atoms with van der Waals surface area (Å²) in [6.07, 6.45) is 2.37. The number of carbonyl (C=O) groups is 2. The van der Waals surface area contributed by atoms with Crippen LogP contribution in [0.4, 0.5) is 4.79 Å². The molecule has 1 aromatic heterocycles. The maximum absolute atomic E-state index is 11.4. The van der Waals surface area contributed by atoms with Gasteiger partial charge in [-0.15, -0.1) is 0 Å². The number of aliphatic carboxylic acids is 1. The highest BCUT2D eigenvalue weighted by atomic mass is 16.5. The van der Waals surface area contributed by atoms with Gasteiger partial charge in [0.1, 0.15) is 11.5 Å². The lowest BCUT2D eigenvalue weighted by Gasteiger charge is -2.05. The fourth-order valence-electron chi connectivity index (χ4n) is 1.51. The number of aryl methyl sites for hydroxylation is 1. The van der Waals surface area contributed by atoms with Crippen LogP contribution in [0.1, 0.15) is 37.1 Å². The van der Waals surface area contributed by atoms with Gasteiger partial charge < -0.3 is 20.3 Å². The molecule has 7 heteroatoms. The molecule has 0 aromatic carbocycles. The molecule has 0 unspecified atom stereocenters. The number of nitrogens with one attached hydrogen (secondary N) is 2. The van der Waals surface area contributed by atoms with E-state index in [-0.39, 0.29) is 12.5 Å². The van der Waals surface area contributed by atoms with Crippen molar-refractivity contribution in [3.8, 4) is 0 Å². The van der Waals surface area contributed by atoms with E-state index in [1.165, 1.54) is 0 Å². The van der Waals surface area contributed by atoms with Crippen LogP contribution in [0.3, 0.4) is 0 Å². The largest absolute Gasteiger partial charge is 0.481 e. The van der Waals surface area contributed by atoms with Crippen molar-refractivity contribution in [2.45, 2.75) is 39.2 Å². The van der Waals surface area contributed by atoms with Crippen LogP contribution in [0, 0.1) is 6.92 Å². The number of unbranched alkanes of at least 4 members (excludes halogenated alkanes) is 2. The van der Waals surface area contributed by atoms with E-state index in [1.807, 2.05) is 0 Å². The lowest BCUT2D eigenvalue weighted by atomic mass is 10.2. The molecule has 0 radical (unpaired) electrons. The number of amides is 2. The number of aromatic nitrogens is 1. The average molecular weight is 269 g/mol. The van der Waals surface area contributed by atoms with Crippen molar-refractivity contribution in [3.05, 3.63) is 17.5 Å². The van der Waals surface area contributed by atoms with Gasteiger partial charge in [-0.05, 0) is 19.8 Å². The molecule has 2 amide bonds. The second-order valence-corrected chi connectivity index (χ2v) is 4.24. The molecule has 0 fully saturated rings. The van der Waals surface area contributed by atoms with Crippen LogP contribution in [-0.2, 0) is 11.3 Å². The van der Waals surface area contributed by atoms with Gasteiger partial charge in [0.15, 0.2) is 0 Å². The number of hydrogen-bond donors (Lipinski definition) is 3. The summed E-state index contributed by atoms with van der Waals surface area (Å²) in [5.41, 5.74) is 0.675. The molecular weight excluding hydrogens is 250 g/mol. The molecular formula is C12H19N3O4. The van der Waals surface area contributed by atoms with Crippen molar-refractivity contribution in [2.75, 3.05) is 6.54 Å². The van der Waals surface area contributed by atoms with Crippen LogP contribution in [0.15, 0.2) is 10.6 Å². The third-order valence-electron chi connectivity index (χ3n) is 2.46. The highest BCUT2D eigenvalue weighted by Crippen LogP contribution is 2.00. The lowest BCUT2D eigenvalue weighted by molar-refractivity contribution is -0.137. The first-order valence-corrected chi connectivity index (χ1v) is 6.23. The van der Waals surface area contributed by atoms with Gasteiger partial charge in [0.25, 0.3) is 0 Å². The van der Waals surface area contributed by atoms with E-state index < -0.39 is 5.97 Å². The molecule has 0 spiro atoms. The minimum absolute atomic E-state index is 0.178. The molecule has 0 atom stereocenters. The second kappa shape index (κ2) is 8.12. The Morgan fingerprint density at radius 1 is 1.32 bits per heavy atom. The van der Waals surface area contributed by atoms with E-state index in [1.54, 1.807) is 13.0 Å². The number of hydrogen-bond acceptors (Lipinski definition) is 4. The maximum Gasteiger partial charge on any atom is 0.315 e. The summed E-state index contributed by atoms with van der Waals surface area (Å²) >= 11 is 0. The van der Waals surface area contributed by atoms with Gasteiger partial charge in [-0.1, -0.05) is 11.6 Å². The Morgan fingerprint density at radius 2 is 2.11 bits per heavy atom. The highest BCUT2D eigenvalue weighted by molar-refractivity contribution is 5.73. The maximum atomic E-state index is 11.4. The quantitative estimate of drug-likeness (QED) is 0.619. The molecule has 0 saturated carbocycles. The SMILES string of the molecule is Cc1cc(CNC(=O)NCCCCCC(=O)O)no1. The van der Waals surface area contributed by atoms with Crippen LogP contribution in [0.5, 0.6) is 0 Å². The van der Waals surface area contributed by atoms with Gasteiger partial charge in [-0.25, -0.2) is 4.79 Å². The van der Waals surface area contributed by atoms with Crippen LogP contribution in [-0.4, -0.2) is 28.8 Å². The molecule has 3 N–H and O–H groups in total. The fourth-order valence-corrected chi connectivity index (χ4v) is 1.51. The number of carboxylic acids is 1. The monoisotopic (exact) mass is 269 g/mol. The van der Waals surface area contributed by atoms with Crippen molar-refractivity contribution in [1.29, 1.82) is 0 Å². The normalized spacial score (nSPS) is 10.2. The minimum Gasteiger partial charge on any atom is -0.481 e. The van der Waals surface area contributed by atoms with E-state index in [0.29, 0.717) is 31.0 Å². The van der Waals surface area contributed by atoms with Crippen LogP contribution >= 0.6 is 0 Å². The molecule has 1 rings (SSSR count). The molecule has 0 bridgehead atoms. The number of carbonyl (C=O) groups excluding carboxylic acids is 1. The van der Waals surface area contributed by atoms with Crippen molar-refractivity contribution in [3.63, 3.8) is 0 Å². The van der Waals surface area contributed by atoms with Crippen molar-refractivity contribution >= 4 is 12.0 Å². The van der Waals surface area contributed by atoms with Gasteiger partial charge >= 0.3 is 12.0 Å². The summed E-state index contributed by atoms with van der Waals surface area (Å²) in [6, 6.07) is 1.49. The standard InChI is InChI=1S/C12H19N3O4/c1-9-7-10(15-19-9)8-14-12(18)13-6-4-2-3-5-11(16)17/h7H,2-6,8H2,1H3,(H,16,17)(H2,13,14,18). The third-order valence-corrected chi connectivity index (χ3v) is 2.46. The Labute approximate surface area is 111 Å². The number of urea groups is 1. The Morgan fingerprint density at radius 3 is 2.74 bits per heavy atom. The zero-order valence-corrected chi connectivity index (χ0v) is 10.9. The van der Waals surface area contributed by atoms with E-state index in [0.717, 1.165) is 12.8 Å². The molecule has 1 heterocycles. The molecule has 19 heavy (non-hydrogen) atoms. The Bertz CT molecular complexity index is 417.